The lowest BCUT2D eigenvalue weighted by Gasteiger charge is -2.24. The molecule has 0 fully saturated rings. The van der Waals surface area contributed by atoms with Crippen molar-refractivity contribution >= 4 is 17.3 Å². The standard InChI is InChI=1S/C23H24N4O3/c1-15-12-17-10-6-7-11-18(17)26(15)14-19(28)20-21(24)27(23(30)25(2)22(20)29)13-16-8-4-3-5-9-16/h3-11,15H,12-14,24H2,1-2H3/t15-/m1/s1. The smallest absolute Gasteiger partial charge is 0.332 e. The third-order valence-corrected chi connectivity index (χ3v) is 5.71. The Labute approximate surface area is 174 Å². The third-order valence-electron chi connectivity index (χ3n) is 5.71. The molecular formula is C23H24N4O3. The number of carbonyl (C=O) groups excluding carboxylic acids is 1. The lowest BCUT2D eigenvalue weighted by molar-refractivity contribution is 0.0995. The predicted molar refractivity (Wildman–Crippen MR) is 117 cm³/mol. The fourth-order valence-corrected chi connectivity index (χ4v) is 4.07. The molecule has 0 amide bonds. The number of hydrogen-bond donors (Lipinski definition) is 1. The molecule has 0 radical (unpaired) electrons. The van der Waals surface area contributed by atoms with E-state index in [-0.39, 0.29) is 30.5 Å². The highest BCUT2D eigenvalue weighted by Gasteiger charge is 2.30. The van der Waals surface area contributed by atoms with Crippen LogP contribution in [0.25, 0.3) is 0 Å². The van der Waals surface area contributed by atoms with Crippen LogP contribution in [-0.4, -0.2) is 27.5 Å². The Morgan fingerprint density at radius 2 is 1.73 bits per heavy atom. The van der Waals surface area contributed by atoms with Gasteiger partial charge < -0.3 is 10.6 Å². The van der Waals surface area contributed by atoms with Crippen molar-refractivity contribution in [1.29, 1.82) is 0 Å². The van der Waals surface area contributed by atoms with Crippen molar-refractivity contribution in [3.63, 3.8) is 0 Å². The van der Waals surface area contributed by atoms with Crippen LogP contribution in [0.15, 0.2) is 64.2 Å². The number of Topliss-reactive ketones (excluding diaryl/α,β-unsaturated/α-hetero) is 1. The molecule has 0 bridgehead atoms. The number of ketones is 1. The molecule has 3 aromatic rings. The first kappa shape index (κ1) is 19.7. The van der Waals surface area contributed by atoms with Gasteiger partial charge in [-0.3, -0.25) is 18.7 Å². The van der Waals surface area contributed by atoms with Crippen LogP contribution in [-0.2, 0) is 20.0 Å². The van der Waals surface area contributed by atoms with Crippen molar-refractivity contribution in [3.05, 3.63) is 92.1 Å². The van der Waals surface area contributed by atoms with Crippen LogP contribution >= 0.6 is 0 Å². The van der Waals surface area contributed by atoms with Gasteiger partial charge in [0.1, 0.15) is 11.4 Å². The van der Waals surface area contributed by atoms with Gasteiger partial charge in [-0.25, -0.2) is 4.79 Å². The SMILES string of the molecule is C[C@@H]1Cc2ccccc2N1CC(=O)c1c(N)n(Cc2ccccc2)c(=O)n(C)c1=O. The van der Waals surface area contributed by atoms with Crippen LogP contribution in [0.4, 0.5) is 11.5 Å². The normalized spacial score (nSPS) is 15.3. The van der Waals surface area contributed by atoms with Crippen LogP contribution in [0.2, 0.25) is 0 Å². The summed E-state index contributed by atoms with van der Waals surface area (Å²) in [4.78, 5) is 40.7. The monoisotopic (exact) mass is 404 g/mol. The van der Waals surface area contributed by atoms with E-state index in [1.807, 2.05) is 66.4 Å². The van der Waals surface area contributed by atoms with E-state index in [0.29, 0.717) is 0 Å². The molecule has 7 nitrogen and oxygen atoms in total. The summed E-state index contributed by atoms with van der Waals surface area (Å²) in [6.07, 6.45) is 0.838. The Hall–Kier alpha value is -3.61. The number of rotatable bonds is 5. The minimum absolute atomic E-state index is 0.0289. The summed E-state index contributed by atoms with van der Waals surface area (Å²) in [7, 11) is 1.37. The Balaban J connectivity index is 1.73. The fourth-order valence-electron chi connectivity index (χ4n) is 4.07. The zero-order valence-corrected chi connectivity index (χ0v) is 17.0. The summed E-state index contributed by atoms with van der Waals surface area (Å²) in [5.41, 5.74) is 7.90. The number of benzene rings is 2. The maximum Gasteiger partial charge on any atom is 0.332 e. The number of carbonyl (C=O) groups is 1. The van der Waals surface area contributed by atoms with Crippen molar-refractivity contribution in [2.75, 3.05) is 17.2 Å². The summed E-state index contributed by atoms with van der Waals surface area (Å²) < 4.78 is 2.24. The maximum atomic E-state index is 13.2. The second-order valence-corrected chi connectivity index (χ2v) is 7.71. The minimum Gasteiger partial charge on any atom is -0.384 e. The van der Waals surface area contributed by atoms with Gasteiger partial charge >= 0.3 is 5.69 Å². The van der Waals surface area contributed by atoms with Gasteiger partial charge in [-0.15, -0.1) is 0 Å². The average molecular weight is 404 g/mol. The quantitative estimate of drug-likeness (QED) is 0.655. The summed E-state index contributed by atoms with van der Waals surface area (Å²) in [6.45, 7) is 2.26. The lowest BCUT2D eigenvalue weighted by Crippen LogP contribution is -2.44. The van der Waals surface area contributed by atoms with E-state index in [1.165, 1.54) is 17.2 Å². The number of para-hydroxylation sites is 1. The van der Waals surface area contributed by atoms with Gasteiger partial charge in [0, 0.05) is 18.8 Å². The first-order valence-electron chi connectivity index (χ1n) is 9.89. The molecule has 0 saturated heterocycles. The summed E-state index contributed by atoms with van der Waals surface area (Å²) in [6, 6.07) is 17.4. The van der Waals surface area contributed by atoms with Gasteiger partial charge in [0.15, 0.2) is 5.78 Å². The van der Waals surface area contributed by atoms with Crippen LogP contribution in [0.3, 0.4) is 0 Å². The number of aromatic nitrogens is 2. The Kier molecular flexibility index (Phi) is 5.03. The Bertz CT molecular complexity index is 1230. The molecule has 7 heteroatoms. The minimum atomic E-state index is -0.660. The summed E-state index contributed by atoms with van der Waals surface area (Å²) in [5.74, 6) is -0.476. The fraction of sp³-hybridized carbons (Fsp3) is 0.261. The number of fused-ring (bicyclic) bond motifs is 1. The van der Waals surface area contributed by atoms with Gasteiger partial charge in [-0.05, 0) is 30.5 Å². The molecule has 4 rings (SSSR count). The zero-order valence-electron chi connectivity index (χ0n) is 17.0. The molecule has 2 N–H and O–H groups in total. The van der Waals surface area contributed by atoms with Crippen molar-refractivity contribution in [2.24, 2.45) is 7.05 Å². The van der Waals surface area contributed by atoms with Gasteiger partial charge in [-0.1, -0.05) is 48.5 Å². The first-order valence-corrected chi connectivity index (χ1v) is 9.89. The van der Waals surface area contributed by atoms with Gasteiger partial charge in [-0.2, -0.15) is 0 Å². The molecule has 1 aromatic heterocycles. The summed E-state index contributed by atoms with van der Waals surface area (Å²) >= 11 is 0. The van der Waals surface area contributed by atoms with Gasteiger partial charge in [0.05, 0.1) is 13.1 Å². The zero-order chi connectivity index (χ0) is 21.4. The number of nitrogens with two attached hydrogens (primary N) is 1. The van der Waals surface area contributed by atoms with Gasteiger partial charge in [0.2, 0.25) is 0 Å². The highest BCUT2D eigenvalue weighted by molar-refractivity contribution is 6.02. The van der Waals surface area contributed by atoms with Crippen molar-refractivity contribution in [2.45, 2.75) is 25.9 Å². The highest BCUT2D eigenvalue weighted by Crippen LogP contribution is 2.31. The van der Waals surface area contributed by atoms with Crippen molar-refractivity contribution in [1.82, 2.24) is 9.13 Å². The first-order chi connectivity index (χ1) is 14.4. The molecule has 154 valence electrons. The highest BCUT2D eigenvalue weighted by atomic mass is 16.2. The largest absolute Gasteiger partial charge is 0.384 e. The topological polar surface area (TPSA) is 90.3 Å². The molecule has 2 aromatic carbocycles. The molecule has 0 spiro atoms. The molecule has 2 heterocycles. The molecule has 1 aliphatic rings. The van der Waals surface area contributed by atoms with Gasteiger partial charge in [0.25, 0.3) is 5.56 Å². The molecule has 1 aliphatic heterocycles. The van der Waals surface area contributed by atoms with E-state index in [2.05, 4.69) is 0 Å². The molecule has 0 aliphatic carbocycles. The maximum absolute atomic E-state index is 13.2. The van der Waals surface area contributed by atoms with Crippen molar-refractivity contribution in [3.8, 4) is 0 Å². The van der Waals surface area contributed by atoms with E-state index in [9.17, 15) is 14.4 Å². The summed E-state index contributed by atoms with van der Waals surface area (Å²) in [5, 5.41) is 0. The predicted octanol–water partition coefficient (Wildman–Crippen LogP) is 1.81. The van der Waals surface area contributed by atoms with E-state index in [4.69, 9.17) is 5.73 Å². The molecule has 1 atom stereocenters. The lowest BCUT2D eigenvalue weighted by atomic mass is 10.1. The van der Waals surface area contributed by atoms with Crippen LogP contribution in [0.5, 0.6) is 0 Å². The number of nitrogens with zero attached hydrogens (tertiary/aromatic N) is 3. The molecular weight excluding hydrogens is 380 g/mol. The average Bonchev–Trinajstić information content (AvgIpc) is 3.06. The van der Waals surface area contributed by atoms with Crippen LogP contribution < -0.4 is 21.9 Å². The Morgan fingerprint density at radius 1 is 1.07 bits per heavy atom. The second kappa shape index (κ2) is 7.67. The van der Waals surface area contributed by atoms with E-state index < -0.39 is 17.0 Å². The molecule has 0 unspecified atom stereocenters. The van der Waals surface area contributed by atoms with Crippen molar-refractivity contribution < 1.29 is 4.79 Å². The van der Waals surface area contributed by atoms with E-state index >= 15 is 0 Å². The van der Waals surface area contributed by atoms with E-state index in [0.717, 1.165) is 22.2 Å². The van der Waals surface area contributed by atoms with E-state index in [1.54, 1.807) is 0 Å². The van der Waals surface area contributed by atoms with Crippen LogP contribution in [0.1, 0.15) is 28.4 Å². The number of nitrogen functional groups attached to an aromatic ring is 1. The Morgan fingerprint density at radius 3 is 2.47 bits per heavy atom. The second-order valence-electron chi connectivity index (χ2n) is 7.71. The molecule has 30 heavy (non-hydrogen) atoms. The molecule has 0 saturated carbocycles. The number of anilines is 2. The number of hydrogen-bond acceptors (Lipinski definition) is 5. The van der Waals surface area contributed by atoms with Crippen LogP contribution in [0, 0.1) is 0 Å². The third kappa shape index (κ3) is 3.32.